The number of esters is 1. The van der Waals surface area contributed by atoms with Crippen LogP contribution in [0.3, 0.4) is 0 Å². The summed E-state index contributed by atoms with van der Waals surface area (Å²) in [7, 11) is 0. The highest BCUT2D eigenvalue weighted by atomic mass is 16.5. The minimum atomic E-state index is -0.944. The van der Waals surface area contributed by atoms with Crippen molar-refractivity contribution in [3.05, 3.63) is 59.2 Å². The summed E-state index contributed by atoms with van der Waals surface area (Å²) in [5, 5.41) is 4.16. The van der Waals surface area contributed by atoms with Crippen LogP contribution in [0.1, 0.15) is 47.9 Å². The molecule has 3 heterocycles. The van der Waals surface area contributed by atoms with E-state index in [4.69, 9.17) is 4.74 Å². The predicted molar refractivity (Wildman–Crippen MR) is 110 cm³/mol. The molecule has 3 aromatic rings. The molecule has 1 amide bonds. The summed E-state index contributed by atoms with van der Waals surface area (Å²) < 4.78 is 7.36. The number of amides is 1. The molecule has 0 unspecified atom stereocenters. The predicted octanol–water partition coefficient (Wildman–Crippen LogP) is 2.58. The molecular formula is C22H25N5O3. The Morgan fingerprint density at radius 1 is 1.10 bits per heavy atom. The van der Waals surface area contributed by atoms with E-state index in [0.717, 1.165) is 30.5 Å². The van der Waals surface area contributed by atoms with Gasteiger partial charge in [0.1, 0.15) is 6.33 Å². The average molecular weight is 407 g/mol. The molecule has 30 heavy (non-hydrogen) atoms. The Morgan fingerprint density at radius 3 is 2.57 bits per heavy atom. The number of nitrogens with zero attached hydrogens (tertiary/aromatic N) is 5. The van der Waals surface area contributed by atoms with Gasteiger partial charge in [-0.1, -0.05) is 30.3 Å². The van der Waals surface area contributed by atoms with Crippen molar-refractivity contribution in [2.75, 3.05) is 13.1 Å². The van der Waals surface area contributed by atoms with Gasteiger partial charge in [0.05, 0.1) is 6.42 Å². The topological polar surface area (TPSA) is 89.7 Å². The number of likely N-dealkylation sites (tertiary alicyclic amines) is 1. The molecule has 1 aromatic carbocycles. The normalized spacial score (nSPS) is 15.2. The number of aromatic nitrogens is 4. The van der Waals surface area contributed by atoms with E-state index in [2.05, 4.69) is 15.1 Å². The first-order valence-corrected chi connectivity index (χ1v) is 10.2. The molecule has 1 saturated heterocycles. The Morgan fingerprint density at radius 2 is 1.83 bits per heavy atom. The average Bonchev–Trinajstić information content (AvgIpc) is 3.24. The van der Waals surface area contributed by atoms with E-state index in [1.54, 1.807) is 9.42 Å². The number of ether oxygens (including phenoxy) is 1. The summed E-state index contributed by atoms with van der Waals surface area (Å²) in [6, 6.07) is 9.20. The molecule has 156 valence electrons. The van der Waals surface area contributed by atoms with E-state index >= 15 is 0 Å². The minimum absolute atomic E-state index is 0.0110. The molecule has 8 nitrogen and oxygen atoms in total. The van der Waals surface area contributed by atoms with Crippen LogP contribution in [-0.4, -0.2) is 49.4 Å². The van der Waals surface area contributed by atoms with E-state index in [1.807, 2.05) is 44.2 Å². The van der Waals surface area contributed by atoms with E-state index in [1.165, 1.54) is 6.33 Å². The van der Waals surface area contributed by atoms with Crippen molar-refractivity contribution in [3.63, 3.8) is 0 Å². The summed E-state index contributed by atoms with van der Waals surface area (Å²) >= 11 is 0. The van der Waals surface area contributed by atoms with Crippen LogP contribution in [0.5, 0.6) is 0 Å². The Balaban J connectivity index is 1.57. The fraction of sp³-hybridized carbons (Fsp3) is 0.409. The largest absolute Gasteiger partial charge is 0.447 e. The highest BCUT2D eigenvalue weighted by Crippen LogP contribution is 2.24. The number of carbonyl (C=O) groups is 2. The number of rotatable bonds is 5. The van der Waals surface area contributed by atoms with E-state index < -0.39 is 12.1 Å². The van der Waals surface area contributed by atoms with Crippen LogP contribution in [0.15, 0.2) is 36.7 Å². The van der Waals surface area contributed by atoms with E-state index in [9.17, 15) is 9.59 Å². The molecular weight excluding hydrogens is 382 g/mol. The molecule has 0 N–H and O–H groups in total. The van der Waals surface area contributed by atoms with Gasteiger partial charge in [0.25, 0.3) is 11.7 Å². The molecule has 0 saturated carbocycles. The van der Waals surface area contributed by atoms with Crippen molar-refractivity contribution in [2.24, 2.45) is 0 Å². The van der Waals surface area contributed by atoms with Crippen LogP contribution in [-0.2, 0) is 20.7 Å². The van der Waals surface area contributed by atoms with Gasteiger partial charge in [-0.3, -0.25) is 9.59 Å². The lowest BCUT2D eigenvalue weighted by molar-refractivity contribution is -0.161. The van der Waals surface area contributed by atoms with Crippen molar-refractivity contribution >= 4 is 17.7 Å². The van der Waals surface area contributed by atoms with Gasteiger partial charge in [0.15, 0.2) is 0 Å². The molecule has 0 radical (unpaired) electrons. The molecule has 0 spiro atoms. The lowest BCUT2D eigenvalue weighted by Gasteiger charge is -2.30. The Labute approximate surface area is 174 Å². The molecule has 2 aromatic heterocycles. The molecule has 1 atom stereocenters. The first-order chi connectivity index (χ1) is 14.5. The minimum Gasteiger partial charge on any atom is -0.447 e. The van der Waals surface area contributed by atoms with E-state index in [-0.39, 0.29) is 12.3 Å². The van der Waals surface area contributed by atoms with E-state index in [0.29, 0.717) is 30.1 Å². The Bertz CT molecular complexity index is 1060. The summed E-state index contributed by atoms with van der Waals surface area (Å²) in [4.78, 5) is 36.4. The second-order valence-electron chi connectivity index (χ2n) is 7.58. The number of carbonyl (C=O) groups excluding carboxylic acids is 2. The third kappa shape index (κ3) is 4.03. The second-order valence-corrected chi connectivity index (χ2v) is 7.58. The number of piperidine rings is 1. The number of aryl methyl sites for hydroxylation is 2. The number of fused-ring (bicyclic) bond motifs is 1. The molecule has 0 bridgehead atoms. The fourth-order valence-electron chi connectivity index (χ4n) is 3.90. The molecule has 8 heteroatoms. The summed E-state index contributed by atoms with van der Waals surface area (Å²) in [6.45, 7) is 5.10. The maximum atomic E-state index is 13.2. The second kappa shape index (κ2) is 8.61. The van der Waals surface area contributed by atoms with Gasteiger partial charge in [-0.25, -0.2) is 9.50 Å². The van der Waals surface area contributed by atoms with Crippen LogP contribution >= 0.6 is 0 Å². The zero-order chi connectivity index (χ0) is 21.1. The molecule has 0 aliphatic carbocycles. The van der Waals surface area contributed by atoms with Gasteiger partial charge in [-0.05, 0) is 33.1 Å². The van der Waals surface area contributed by atoms with Gasteiger partial charge in [-0.15, -0.1) is 0 Å². The zero-order valence-electron chi connectivity index (χ0n) is 17.2. The van der Waals surface area contributed by atoms with Crippen molar-refractivity contribution < 1.29 is 14.3 Å². The van der Waals surface area contributed by atoms with Crippen LogP contribution < -0.4 is 0 Å². The lowest BCUT2D eigenvalue weighted by atomic mass is 10.1. The van der Waals surface area contributed by atoms with Gasteiger partial charge in [0, 0.05) is 35.6 Å². The summed E-state index contributed by atoms with van der Waals surface area (Å²) in [5.74, 6) is -0.140. The lowest BCUT2D eigenvalue weighted by Crippen LogP contribution is -2.40. The number of hydrogen-bond acceptors (Lipinski definition) is 6. The monoisotopic (exact) mass is 407 g/mol. The zero-order valence-corrected chi connectivity index (χ0v) is 17.2. The molecule has 4 rings (SSSR count). The third-order valence-electron chi connectivity index (χ3n) is 5.55. The first-order valence-electron chi connectivity index (χ1n) is 10.2. The summed E-state index contributed by atoms with van der Waals surface area (Å²) in [5.41, 5.74) is 2.89. The highest BCUT2D eigenvalue weighted by Gasteiger charge is 2.30. The van der Waals surface area contributed by atoms with Crippen LogP contribution in [0.4, 0.5) is 0 Å². The Kier molecular flexibility index (Phi) is 5.74. The van der Waals surface area contributed by atoms with Crippen molar-refractivity contribution in [2.45, 2.75) is 45.6 Å². The smallest absolute Gasteiger partial charge is 0.311 e. The van der Waals surface area contributed by atoms with Crippen LogP contribution in [0.2, 0.25) is 0 Å². The van der Waals surface area contributed by atoms with Gasteiger partial charge in [-0.2, -0.15) is 10.1 Å². The van der Waals surface area contributed by atoms with Gasteiger partial charge < -0.3 is 9.64 Å². The SMILES string of the molecule is Cc1nc2ncnn2c(C)c1CC(=O)O[C@@H](C(=O)N1CCCCC1)c1ccccc1. The van der Waals surface area contributed by atoms with Gasteiger partial charge in [0.2, 0.25) is 6.10 Å². The van der Waals surface area contributed by atoms with Gasteiger partial charge >= 0.3 is 5.97 Å². The Hall–Kier alpha value is -3.29. The molecule has 1 aliphatic heterocycles. The van der Waals surface area contributed by atoms with Crippen LogP contribution in [0.25, 0.3) is 5.78 Å². The van der Waals surface area contributed by atoms with Crippen molar-refractivity contribution in [1.82, 2.24) is 24.5 Å². The van der Waals surface area contributed by atoms with Crippen LogP contribution in [0, 0.1) is 13.8 Å². The van der Waals surface area contributed by atoms with Crippen molar-refractivity contribution in [1.29, 1.82) is 0 Å². The van der Waals surface area contributed by atoms with Crippen molar-refractivity contribution in [3.8, 4) is 0 Å². The highest BCUT2D eigenvalue weighted by molar-refractivity contribution is 5.85. The molecule has 1 fully saturated rings. The maximum absolute atomic E-state index is 13.2. The quantitative estimate of drug-likeness (QED) is 0.604. The number of hydrogen-bond donors (Lipinski definition) is 0. The molecule has 1 aliphatic rings. The third-order valence-corrected chi connectivity index (χ3v) is 5.55. The summed E-state index contributed by atoms with van der Waals surface area (Å²) in [6.07, 6.45) is 3.57. The fourth-order valence-corrected chi connectivity index (χ4v) is 3.90. The number of benzene rings is 1. The first kappa shape index (κ1) is 20.0. The standard InChI is InChI=1S/C22H25N5O3/c1-15-18(16(2)27-22(25-15)23-14-24-27)13-19(28)30-20(17-9-5-3-6-10-17)21(29)26-11-7-4-8-12-26/h3,5-6,9-10,14,20H,4,7-8,11-13H2,1-2H3/t20-/m1/s1. The maximum Gasteiger partial charge on any atom is 0.311 e.